The van der Waals surface area contributed by atoms with Gasteiger partial charge in [0.2, 0.25) is 0 Å². The number of aliphatic carboxylic acids is 1. The molecule has 5 nitrogen and oxygen atoms in total. The summed E-state index contributed by atoms with van der Waals surface area (Å²) < 4.78 is 5.18. The van der Waals surface area contributed by atoms with Crippen molar-refractivity contribution in [3.63, 3.8) is 0 Å². The molecule has 0 aromatic carbocycles. The minimum absolute atomic E-state index is 0.170. The number of nitrogens with one attached hydrogen (secondary N) is 1. The Balaban J connectivity index is 2.88. The first-order valence-corrected chi connectivity index (χ1v) is 7.18. The topological polar surface area (TPSA) is 75.6 Å². The van der Waals surface area contributed by atoms with E-state index in [1.165, 1.54) is 0 Å². The molecule has 1 aromatic heterocycles. The van der Waals surface area contributed by atoms with Gasteiger partial charge in [0.15, 0.2) is 0 Å². The van der Waals surface area contributed by atoms with Crippen molar-refractivity contribution in [2.24, 2.45) is 0 Å². The molecule has 0 aliphatic heterocycles. The molecule has 20 heavy (non-hydrogen) atoms. The third kappa shape index (κ3) is 5.21. The number of carbonyl (C=O) groups is 2. The quantitative estimate of drug-likeness (QED) is 0.893. The SMILES string of the molecule is Cc1cc([C@@H](CC(=O)O)NC(=O)OC(C)(C)C)c(C)s1. The molecule has 0 fully saturated rings. The Morgan fingerprint density at radius 3 is 2.40 bits per heavy atom. The largest absolute Gasteiger partial charge is 0.481 e. The van der Waals surface area contributed by atoms with E-state index in [1.807, 2.05) is 19.9 Å². The minimum Gasteiger partial charge on any atom is -0.481 e. The molecule has 0 saturated heterocycles. The van der Waals surface area contributed by atoms with Crippen LogP contribution in [0.2, 0.25) is 0 Å². The molecule has 0 unspecified atom stereocenters. The molecule has 0 bridgehead atoms. The van der Waals surface area contributed by atoms with Gasteiger partial charge in [-0.3, -0.25) is 4.79 Å². The number of alkyl carbamates (subject to hydrolysis) is 1. The Hall–Kier alpha value is -1.56. The fourth-order valence-corrected chi connectivity index (χ4v) is 2.85. The maximum Gasteiger partial charge on any atom is 0.408 e. The smallest absolute Gasteiger partial charge is 0.408 e. The molecule has 0 aliphatic rings. The average Bonchev–Trinajstić information content (AvgIpc) is 2.53. The lowest BCUT2D eigenvalue weighted by molar-refractivity contribution is -0.137. The zero-order chi connectivity index (χ0) is 15.5. The lowest BCUT2D eigenvalue weighted by Crippen LogP contribution is -2.35. The van der Waals surface area contributed by atoms with Gasteiger partial charge in [0, 0.05) is 9.75 Å². The van der Waals surface area contributed by atoms with Crippen LogP contribution in [-0.2, 0) is 9.53 Å². The molecular formula is C14H21NO4S. The van der Waals surface area contributed by atoms with Crippen molar-refractivity contribution in [2.45, 2.75) is 52.7 Å². The van der Waals surface area contributed by atoms with Crippen molar-refractivity contribution in [3.05, 3.63) is 21.4 Å². The first-order valence-electron chi connectivity index (χ1n) is 6.36. The summed E-state index contributed by atoms with van der Waals surface area (Å²) >= 11 is 1.58. The van der Waals surface area contributed by atoms with Crippen LogP contribution in [0.5, 0.6) is 0 Å². The number of hydrogen-bond donors (Lipinski definition) is 2. The van der Waals surface area contributed by atoms with Gasteiger partial charge in [-0.15, -0.1) is 11.3 Å². The second-order valence-corrected chi connectivity index (χ2v) is 7.13. The van der Waals surface area contributed by atoms with E-state index in [2.05, 4.69) is 5.32 Å². The Labute approximate surface area is 123 Å². The standard InChI is InChI=1S/C14H21NO4S/c1-8-6-10(9(2)20-8)11(7-12(16)17)15-13(18)19-14(3,4)5/h6,11H,7H2,1-5H3,(H,15,18)(H,16,17)/t11-/m1/s1. The molecule has 1 amide bonds. The van der Waals surface area contributed by atoms with Gasteiger partial charge in [0.1, 0.15) is 5.60 Å². The zero-order valence-electron chi connectivity index (χ0n) is 12.4. The highest BCUT2D eigenvalue weighted by atomic mass is 32.1. The molecule has 1 rings (SSSR count). The van der Waals surface area contributed by atoms with Gasteiger partial charge in [0.05, 0.1) is 12.5 Å². The van der Waals surface area contributed by atoms with Crippen LogP contribution in [0.4, 0.5) is 4.79 Å². The van der Waals surface area contributed by atoms with E-state index < -0.39 is 23.7 Å². The van der Waals surface area contributed by atoms with Gasteiger partial charge in [-0.2, -0.15) is 0 Å². The number of hydrogen-bond acceptors (Lipinski definition) is 4. The second kappa shape index (κ2) is 6.26. The zero-order valence-corrected chi connectivity index (χ0v) is 13.3. The number of aryl methyl sites for hydroxylation is 2. The molecule has 6 heteroatoms. The average molecular weight is 299 g/mol. The van der Waals surface area contributed by atoms with E-state index in [0.717, 1.165) is 15.3 Å². The van der Waals surface area contributed by atoms with Gasteiger partial charge in [0.25, 0.3) is 0 Å². The van der Waals surface area contributed by atoms with Crippen LogP contribution in [0.3, 0.4) is 0 Å². The number of amides is 1. The summed E-state index contributed by atoms with van der Waals surface area (Å²) in [5.41, 5.74) is 0.220. The first-order chi connectivity index (χ1) is 9.08. The monoisotopic (exact) mass is 299 g/mol. The van der Waals surface area contributed by atoms with E-state index >= 15 is 0 Å². The maximum absolute atomic E-state index is 11.8. The van der Waals surface area contributed by atoms with Crippen LogP contribution in [-0.4, -0.2) is 22.8 Å². The number of carboxylic acid groups (broad SMARTS) is 1. The molecule has 0 saturated carbocycles. The number of carboxylic acids is 1. The van der Waals surface area contributed by atoms with E-state index in [-0.39, 0.29) is 6.42 Å². The third-order valence-electron chi connectivity index (χ3n) is 2.52. The van der Waals surface area contributed by atoms with E-state index in [0.29, 0.717) is 0 Å². The van der Waals surface area contributed by atoms with E-state index in [4.69, 9.17) is 9.84 Å². The molecule has 1 atom stereocenters. The summed E-state index contributed by atoms with van der Waals surface area (Å²) in [6.07, 6.45) is -0.775. The molecule has 2 N–H and O–H groups in total. The number of rotatable bonds is 4. The van der Waals surface area contributed by atoms with E-state index in [9.17, 15) is 9.59 Å². The van der Waals surface area contributed by atoms with Crippen molar-refractivity contribution >= 4 is 23.4 Å². The fourth-order valence-electron chi connectivity index (χ4n) is 1.86. The van der Waals surface area contributed by atoms with Gasteiger partial charge < -0.3 is 15.2 Å². The molecule has 112 valence electrons. The predicted octanol–water partition coefficient (Wildman–Crippen LogP) is 3.41. The summed E-state index contributed by atoms with van der Waals surface area (Å²) in [6.45, 7) is 9.15. The van der Waals surface area contributed by atoms with Crippen LogP contribution < -0.4 is 5.32 Å². The van der Waals surface area contributed by atoms with Gasteiger partial charge >= 0.3 is 12.1 Å². The molecule has 0 spiro atoms. The lowest BCUT2D eigenvalue weighted by Gasteiger charge is -2.23. The Bertz CT molecular complexity index is 502. The van der Waals surface area contributed by atoms with Crippen LogP contribution in [0.15, 0.2) is 6.07 Å². The van der Waals surface area contributed by atoms with E-state index in [1.54, 1.807) is 32.1 Å². The number of ether oxygens (including phenoxy) is 1. The predicted molar refractivity (Wildman–Crippen MR) is 78.2 cm³/mol. The molecule has 0 aliphatic carbocycles. The van der Waals surface area contributed by atoms with Gasteiger partial charge in [-0.25, -0.2) is 4.79 Å². The van der Waals surface area contributed by atoms with Gasteiger partial charge in [-0.1, -0.05) is 0 Å². The lowest BCUT2D eigenvalue weighted by atomic mass is 10.0. The highest BCUT2D eigenvalue weighted by Gasteiger charge is 2.24. The molecule has 1 aromatic rings. The second-order valence-electron chi connectivity index (χ2n) is 5.67. The molecule has 1 heterocycles. The Morgan fingerprint density at radius 1 is 1.40 bits per heavy atom. The van der Waals surface area contributed by atoms with Crippen LogP contribution in [0.1, 0.15) is 48.6 Å². The van der Waals surface area contributed by atoms with Crippen molar-refractivity contribution in [1.82, 2.24) is 5.32 Å². The summed E-state index contributed by atoms with van der Waals surface area (Å²) in [4.78, 5) is 24.9. The Morgan fingerprint density at radius 2 is 2.00 bits per heavy atom. The highest BCUT2D eigenvalue weighted by Crippen LogP contribution is 2.28. The fraction of sp³-hybridized carbons (Fsp3) is 0.571. The third-order valence-corrected chi connectivity index (χ3v) is 3.51. The summed E-state index contributed by atoms with van der Waals surface area (Å²) in [5.74, 6) is -0.964. The normalized spacial score (nSPS) is 12.8. The van der Waals surface area contributed by atoms with Crippen molar-refractivity contribution in [2.75, 3.05) is 0 Å². The summed E-state index contributed by atoms with van der Waals surface area (Å²) in [6, 6.07) is 1.33. The van der Waals surface area contributed by atoms with Gasteiger partial charge in [-0.05, 0) is 46.2 Å². The maximum atomic E-state index is 11.8. The van der Waals surface area contributed by atoms with Crippen molar-refractivity contribution in [1.29, 1.82) is 0 Å². The van der Waals surface area contributed by atoms with Crippen LogP contribution >= 0.6 is 11.3 Å². The number of thiophene rings is 1. The summed E-state index contributed by atoms with van der Waals surface area (Å²) in [5, 5.41) is 11.6. The van der Waals surface area contributed by atoms with Crippen LogP contribution in [0, 0.1) is 13.8 Å². The minimum atomic E-state index is -0.964. The van der Waals surface area contributed by atoms with Crippen LogP contribution in [0.25, 0.3) is 0 Å². The first kappa shape index (κ1) is 16.5. The number of carbonyl (C=O) groups excluding carboxylic acids is 1. The molecule has 0 radical (unpaired) electrons. The Kier molecular flexibility index (Phi) is 5.16. The summed E-state index contributed by atoms with van der Waals surface area (Å²) in [7, 11) is 0. The molecular weight excluding hydrogens is 278 g/mol. The van der Waals surface area contributed by atoms with Crippen molar-refractivity contribution in [3.8, 4) is 0 Å². The highest BCUT2D eigenvalue weighted by molar-refractivity contribution is 7.12. The van der Waals surface area contributed by atoms with Crippen molar-refractivity contribution < 1.29 is 19.4 Å².